The Balaban J connectivity index is 1.53. The van der Waals surface area contributed by atoms with Gasteiger partial charge in [0, 0.05) is 25.2 Å². The largest absolute Gasteiger partial charge is 0.366 e. The smallest absolute Gasteiger partial charge is 0.255 e. The van der Waals surface area contributed by atoms with Gasteiger partial charge in [-0.15, -0.1) is 0 Å². The molecule has 0 amide bonds. The zero-order valence-electron chi connectivity index (χ0n) is 29.7. The van der Waals surface area contributed by atoms with Crippen molar-refractivity contribution in [2.24, 2.45) is 0 Å². The summed E-state index contributed by atoms with van der Waals surface area (Å²) in [6.45, 7) is 8.03. The molecule has 46 heavy (non-hydrogen) atoms. The number of anilines is 3. The van der Waals surface area contributed by atoms with Gasteiger partial charge in [-0.25, -0.2) is 10.1 Å². The number of fused-ring (bicyclic) bond motifs is 1. The zero-order chi connectivity index (χ0) is 33.0. The predicted molar refractivity (Wildman–Crippen MR) is 198 cm³/mol. The summed E-state index contributed by atoms with van der Waals surface area (Å²) in [6, 6.07) is 8.10. The second-order valence-corrected chi connectivity index (χ2v) is 13.5. The van der Waals surface area contributed by atoms with Gasteiger partial charge in [-0.3, -0.25) is 9.59 Å². The molecule has 7 nitrogen and oxygen atoms in total. The lowest BCUT2D eigenvalue weighted by molar-refractivity contribution is 0.0867. The van der Waals surface area contributed by atoms with E-state index in [0.717, 1.165) is 63.0 Å². The van der Waals surface area contributed by atoms with E-state index in [-0.39, 0.29) is 5.43 Å². The molecule has 0 saturated carbocycles. The van der Waals surface area contributed by atoms with Crippen LogP contribution in [0.2, 0.25) is 0 Å². The van der Waals surface area contributed by atoms with E-state index in [2.05, 4.69) is 56.0 Å². The lowest BCUT2D eigenvalue weighted by atomic mass is 10.0. The fourth-order valence-electron chi connectivity index (χ4n) is 6.40. The molecule has 0 atom stereocenters. The molecule has 1 aliphatic heterocycles. The van der Waals surface area contributed by atoms with Crippen molar-refractivity contribution in [1.29, 1.82) is 0 Å². The van der Waals surface area contributed by atoms with E-state index in [1.165, 1.54) is 83.5 Å². The van der Waals surface area contributed by atoms with Crippen LogP contribution < -0.4 is 25.9 Å². The second kappa shape index (κ2) is 22.0. The highest BCUT2D eigenvalue weighted by atomic mass is 16.8. The third kappa shape index (κ3) is 12.5. The van der Waals surface area contributed by atoms with E-state index in [4.69, 9.17) is 4.94 Å². The number of rotatable bonds is 27. The van der Waals surface area contributed by atoms with Crippen LogP contribution in [0.25, 0.3) is 6.08 Å². The highest BCUT2D eigenvalue weighted by molar-refractivity contribution is 5.76. The minimum absolute atomic E-state index is 0.371. The van der Waals surface area contributed by atoms with Crippen LogP contribution in [0.1, 0.15) is 135 Å². The van der Waals surface area contributed by atoms with Crippen LogP contribution in [-0.4, -0.2) is 51.7 Å². The van der Waals surface area contributed by atoms with Gasteiger partial charge < -0.3 is 9.80 Å². The average molecular weight is 637 g/mol. The lowest BCUT2D eigenvalue weighted by Crippen LogP contribution is -2.49. The van der Waals surface area contributed by atoms with Crippen molar-refractivity contribution in [1.82, 2.24) is 4.90 Å². The third-order valence-electron chi connectivity index (χ3n) is 9.18. The van der Waals surface area contributed by atoms with E-state index in [0.29, 0.717) is 24.5 Å². The second-order valence-electron chi connectivity index (χ2n) is 13.5. The Morgan fingerprint density at radius 3 is 1.78 bits per heavy atom. The molecule has 0 radical (unpaired) electrons. The number of nitrogens with zero attached hydrogens (tertiary/aromatic N) is 4. The monoisotopic (exact) mass is 636 g/mol. The molecule has 0 aromatic heterocycles. The van der Waals surface area contributed by atoms with Crippen molar-refractivity contribution < 1.29 is 4.94 Å². The highest BCUT2D eigenvalue weighted by Gasteiger charge is 2.32. The number of para-hydroxylation sites is 1. The molecule has 0 N–H and O–H groups in total. The zero-order valence-corrected chi connectivity index (χ0v) is 29.7. The number of hydrogen-bond acceptors (Lipinski definition) is 7. The summed E-state index contributed by atoms with van der Waals surface area (Å²) in [5, 5.41) is 3.53. The van der Waals surface area contributed by atoms with Gasteiger partial charge in [-0.1, -0.05) is 141 Å². The quantitative estimate of drug-likeness (QED) is 0.0551. The number of unbranched alkanes of at least 4 members (excludes halogenated alkanes) is 15. The van der Waals surface area contributed by atoms with Gasteiger partial charge in [0.25, 0.3) is 10.9 Å². The molecule has 1 heterocycles. The van der Waals surface area contributed by atoms with Crippen molar-refractivity contribution >= 4 is 23.1 Å². The summed E-state index contributed by atoms with van der Waals surface area (Å²) in [4.78, 5) is 37.1. The Bertz CT molecular complexity index is 1200. The van der Waals surface area contributed by atoms with Crippen LogP contribution in [0.15, 0.2) is 39.9 Å². The Labute approximate surface area is 280 Å². The summed E-state index contributed by atoms with van der Waals surface area (Å²) in [5.74, 6) is 0. The van der Waals surface area contributed by atoms with Crippen molar-refractivity contribution in [3.8, 4) is 0 Å². The SMILES string of the molecule is CCCCCCCCCCCCCCCCCN(CCCN(C)C)c1c(N(CCCC)ON2CC=Cc3ccccc32)c(=O)c1=O. The Hall–Kier alpha value is -2.64. The lowest BCUT2D eigenvalue weighted by Gasteiger charge is -2.36. The average Bonchev–Trinajstić information content (AvgIpc) is 3.06. The van der Waals surface area contributed by atoms with Crippen molar-refractivity contribution in [2.75, 3.05) is 61.8 Å². The fraction of sp³-hybridized carbons (Fsp3) is 0.692. The summed E-state index contributed by atoms with van der Waals surface area (Å²) in [6.07, 6.45) is 26.8. The first-order valence-corrected chi connectivity index (χ1v) is 18.7. The van der Waals surface area contributed by atoms with Crippen LogP contribution in [0.4, 0.5) is 17.1 Å². The highest BCUT2D eigenvalue weighted by Crippen LogP contribution is 2.31. The maximum Gasteiger partial charge on any atom is 0.255 e. The Morgan fingerprint density at radius 1 is 0.630 bits per heavy atom. The van der Waals surface area contributed by atoms with Gasteiger partial charge in [-0.2, -0.15) is 4.94 Å². The van der Waals surface area contributed by atoms with Crippen LogP contribution in [0.5, 0.6) is 0 Å². The van der Waals surface area contributed by atoms with Gasteiger partial charge in [0.05, 0.1) is 12.2 Å². The first kappa shape index (κ1) is 37.8. The van der Waals surface area contributed by atoms with E-state index < -0.39 is 5.43 Å². The minimum Gasteiger partial charge on any atom is -0.366 e. The molecule has 0 bridgehead atoms. The maximum absolute atomic E-state index is 13.2. The van der Waals surface area contributed by atoms with Gasteiger partial charge in [0.15, 0.2) is 0 Å². The Kier molecular flexibility index (Phi) is 18.1. The predicted octanol–water partition coefficient (Wildman–Crippen LogP) is 8.90. The van der Waals surface area contributed by atoms with E-state index in [9.17, 15) is 9.59 Å². The molecule has 1 aliphatic rings. The van der Waals surface area contributed by atoms with Crippen molar-refractivity contribution in [3.05, 3.63) is 56.4 Å². The molecule has 0 aliphatic carbocycles. The molecular weight excluding hydrogens is 572 g/mol. The first-order chi connectivity index (χ1) is 22.5. The summed E-state index contributed by atoms with van der Waals surface area (Å²) in [5.41, 5.74) is 2.22. The van der Waals surface area contributed by atoms with Crippen molar-refractivity contribution in [3.63, 3.8) is 0 Å². The van der Waals surface area contributed by atoms with Gasteiger partial charge in [-0.05, 0) is 46.0 Å². The van der Waals surface area contributed by atoms with E-state index in [1.807, 2.05) is 23.3 Å². The number of hydrogen-bond donors (Lipinski definition) is 0. The summed E-state index contributed by atoms with van der Waals surface area (Å²) in [7, 11) is 4.15. The molecule has 258 valence electrons. The maximum atomic E-state index is 13.2. The normalized spacial score (nSPS) is 12.8. The van der Waals surface area contributed by atoms with Crippen LogP contribution >= 0.6 is 0 Å². The standard InChI is InChI=1S/C39H64N4O3/c1-5-7-9-10-11-12-13-14-15-16-17-18-19-20-23-30-41(31-25-29-40(3)4)36-37(39(45)38(36)44)43(32-8-6-2)46-42-33-24-27-34-26-21-22-28-35(34)42/h21-22,24,26-28H,5-20,23,25,29-33H2,1-4H3. The minimum atomic E-state index is -0.430. The summed E-state index contributed by atoms with van der Waals surface area (Å²) < 4.78 is 0. The fourth-order valence-corrected chi connectivity index (χ4v) is 6.40. The molecule has 0 spiro atoms. The molecule has 3 rings (SSSR count). The topological polar surface area (TPSA) is 56.3 Å². The number of hydroxylamine groups is 2. The molecule has 2 aromatic rings. The van der Waals surface area contributed by atoms with Crippen LogP contribution in [0, 0.1) is 0 Å². The number of benzene rings is 1. The molecule has 0 fully saturated rings. The summed E-state index contributed by atoms with van der Waals surface area (Å²) >= 11 is 0. The van der Waals surface area contributed by atoms with E-state index in [1.54, 1.807) is 5.06 Å². The van der Waals surface area contributed by atoms with Gasteiger partial charge >= 0.3 is 0 Å². The van der Waals surface area contributed by atoms with Crippen molar-refractivity contribution in [2.45, 2.75) is 129 Å². The van der Waals surface area contributed by atoms with Gasteiger partial charge in [0.2, 0.25) is 0 Å². The molecule has 0 saturated heterocycles. The van der Waals surface area contributed by atoms with Crippen LogP contribution in [-0.2, 0) is 4.94 Å². The Morgan fingerprint density at radius 2 is 1.17 bits per heavy atom. The van der Waals surface area contributed by atoms with Gasteiger partial charge in [0.1, 0.15) is 11.4 Å². The first-order valence-electron chi connectivity index (χ1n) is 18.7. The van der Waals surface area contributed by atoms with E-state index >= 15 is 0 Å². The van der Waals surface area contributed by atoms with Crippen LogP contribution in [0.3, 0.4) is 0 Å². The molecular formula is C39H64N4O3. The molecule has 2 aromatic carbocycles. The third-order valence-corrected chi connectivity index (χ3v) is 9.18. The molecule has 0 unspecified atom stereocenters. The molecule has 7 heteroatoms.